The summed E-state index contributed by atoms with van der Waals surface area (Å²) in [5, 5.41) is 19.6. The largest absolute Gasteiger partial charge is 0.494 e. The molecule has 4 rings (SSSR count). The molecule has 4 N–H and O–H groups in total. The molecule has 0 radical (unpaired) electrons. The average molecular weight is 470 g/mol. The van der Waals surface area contributed by atoms with E-state index in [1.54, 1.807) is 6.92 Å². The number of aromatic carboxylic acids is 1. The number of anilines is 4. The van der Waals surface area contributed by atoms with Crippen LogP contribution >= 0.6 is 11.3 Å². The Morgan fingerprint density at radius 2 is 2.03 bits per heavy atom. The number of aromatic nitrogens is 3. The number of nitrogens with zero attached hydrogens (tertiary/aromatic N) is 4. The van der Waals surface area contributed by atoms with Gasteiger partial charge in [0.05, 0.1) is 12.3 Å². The molecular formula is C22H27N7O3S. The Kier molecular flexibility index (Phi) is 7.20. The molecule has 1 fully saturated rings. The Bertz CT molecular complexity index is 1120. The summed E-state index contributed by atoms with van der Waals surface area (Å²) in [6.07, 6.45) is 0. The highest BCUT2D eigenvalue weighted by molar-refractivity contribution is 7.17. The van der Waals surface area contributed by atoms with Crippen LogP contribution in [0.5, 0.6) is 5.75 Å². The van der Waals surface area contributed by atoms with Crippen LogP contribution in [0.1, 0.15) is 27.9 Å². The number of thiazole rings is 1. The first-order chi connectivity index (χ1) is 16.0. The van der Waals surface area contributed by atoms with E-state index in [4.69, 9.17) is 4.74 Å². The van der Waals surface area contributed by atoms with Gasteiger partial charge in [-0.25, -0.2) is 9.78 Å². The number of carbonyl (C=O) groups is 1. The molecule has 10 nitrogen and oxygen atoms in total. The van der Waals surface area contributed by atoms with Crippen molar-refractivity contribution in [3.05, 3.63) is 46.5 Å². The molecular weight excluding hydrogens is 442 g/mol. The molecule has 0 amide bonds. The third-order valence-corrected chi connectivity index (χ3v) is 6.16. The van der Waals surface area contributed by atoms with E-state index in [1.165, 1.54) is 0 Å². The zero-order chi connectivity index (χ0) is 23.2. The number of para-hydroxylation sites is 1. The first-order valence-corrected chi connectivity index (χ1v) is 11.6. The van der Waals surface area contributed by atoms with Crippen molar-refractivity contribution >= 4 is 40.0 Å². The van der Waals surface area contributed by atoms with Gasteiger partial charge in [0.1, 0.15) is 22.3 Å². The first-order valence-electron chi connectivity index (χ1n) is 10.8. The Morgan fingerprint density at radius 3 is 2.76 bits per heavy atom. The average Bonchev–Trinajstić information content (AvgIpc) is 3.19. The molecule has 3 heterocycles. The van der Waals surface area contributed by atoms with Gasteiger partial charge in [0.25, 0.3) is 0 Å². The fraction of sp³-hybridized carbons (Fsp3) is 0.364. The molecule has 0 spiro atoms. The third kappa shape index (κ3) is 5.68. The Hall–Kier alpha value is -3.44. The van der Waals surface area contributed by atoms with Crippen LogP contribution in [-0.2, 0) is 6.54 Å². The molecule has 0 bridgehead atoms. The van der Waals surface area contributed by atoms with Gasteiger partial charge in [0.15, 0.2) is 5.13 Å². The molecule has 1 aromatic carbocycles. The predicted molar refractivity (Wildman–Crippen MR) is 129 cm³/mol. The van der Waals surface area contributed by atoms with E-state index >= 15 is 0 Å². The predicted octanol–water partition coefficient (Wildman–Crippen LogP) is 3.10. The standard InChI is InChI=1S/C22H27N7O3S/c1-3-32-16-7-5-4-6-15(16)13-24-17-12-18(29-10-8-23-9-11-29)27-21(26-17)28-22-25-14(2)19(33-22)20(30)31/h4-7,12,23H,3,8-11,13H2,1-2H3,(H,30,31)(H2,24,25,26,27,28). The number of rotatable bonds is 9. The van der Waals surface area contributed by atoms with Gasteiger partial charge in [-0.05, 0) is 19.9 Å². The Labute approximate surface area is 196 Å². The van der Waals surface area contributed by atoms with Crippen LogP contribution in [0.25, 0.3) is 0 Å². The Morgan fingerprint density at radius 1 is 1.24 bits per heavy atom. The highest BCUT2D eigenvalue weighted by atomic mass is 32.1. The molecule has 33 heavy (non-hydrogen) atoms. The summed E-state index contributed by atoms with van der Waals surface area (Å²) < 4.78 is 5.72. The topological polar surface area (TPSA) is 125 Å². The van der Waals surface area contributed by atoms with Crippen LogP contribution < -0.4 is 25.6 Å². The number of hydrogen-bond donors (Lipinski definition) is 4. The summed E-state index contributed by atoms with van der Waals surface area (Å²) in [6, 6.07) is 9.82. The molecule has 0 unspecified atom stereocenters. The van der Waals surface area contributed by atoms with E-state index in [0.29, 0.717) is 35.7 Å². The van der Waals surface area contributed by atoms with Gasteiger partial charge in [-0.3, -0.25) is 5.32 Å². The fourth-order valence-electron chi connectivity index (χ4n) is 3.51. The van der Waals surface area contributed by atoms with Crippen LogP contribution in [0.4, 0.5) is 22.7 Å². The van der Waals surface area contributed by atoms with Gasteiger partial charge in [-0.1, -0.05) is 29.5 Å². The lowest BCUT2D eigenvalue weighted by Gasteiger charge is -2.28. The molecule has 1 aliphatic heterocycles. The first kappa shape index (κ1) is 22.7. The molecule has 2 aromatic heterocycles. The number of ether oxygens (including phenoxy) is 1. The number of nitrogens with one attached hydrogen (secondary N) is 3. The fourth-order valence-corrected chi connectivity index (χ4v) is 4.31. The van der Waals surface area contributed by atoms with E-state index < -0.39 is 5.97 Å². The normalized spacial score (nSPS) is 13.6. The lowest BCUT2D eigenvalue weighted by Crippen LogP contribution is -2.44. The molecule has 11 heteroatoms. The molecule has 0 atom stereocenters. The van der Waals surface area contributed by atoms with Crippen molar-refractivity contribution in [1.82, 2.24) is 20.3 Å². The summed E-state index contributed by atoms with van der Waals surface area (Å²) in [7, 11) is 0. The zero-order valence-corrected chi connectivity index (χ0v) is 19.4. The second kappa shape index (κ2) is 10.5. The monoisotopic (exact) mass is 469 g/mol. The molecule has 174 valence electrons. The maximum atomic E-state index is 11.4. The van der Waals surface area contributed by atoms with Gasteiger partial charge in [0.2, 0.25) is 5.95 Å². The summed E-state index contributed by atoms with van der Waals surface area (Å²) in [5.41, 5.74) is 1.48. The number of carboxylic acid groups (broad SMARTS) is 1. The van der Waals surface area contributed by atoms with Crippen LogP contribution in [0.2, 0.25) is 0 Å². The van der Waals surface area contributed by atoms with Crippen molar-refractivity contribution in [2.24, 2.45) is 0 Å². The van der Waals surface area contributed by atoms with Gasteiger partial charge in [-0.2, -0.15) is 9.97 Å². The highest BCUT2D eigenvalue weighted by Gasteiger charge is 2.18. The second-order valence-electron chi connectivity index (χ2n) is 7.43. The lowest BCUT2D eigenvalue weighted by molar-refractivity contribution is 0.0701. The summed E-state index contributed by atoms with van der Waals surface area (Å²) >= 11 is 1.07. The van der Waals surface area contributed by atoms with E-state index in [-0.39, 0.29) is 4.88 Å². The number of aryl methyl sites for hydroxylation is 1. The van der Waals surface area contributed by atoms with Gasteiger partial charge in [-0.15, -0.1) is 0 Å². The number of carboxylic acids is 1. The van der Waals surface area contributed by atoms with Crippen LogP contribution in [0, 0.1) is 6.92 Å². The van der Waals surface area contributed by atoms with E-state index in [9.17, 15) is 9.90 Å². The minimum atomic E-state index is -0.996. The van der Waals surface area contributed by atoms with E-state index in [1.807, 2.05) is 37.3 Å². The van der Waals surface area contributed by atoms with Crippen LogP contribution in [0.3, 0.4) is 0 Å². The van der Waals surface area contributed by atoms with Crippen molar-refractivity contribution < 1.29 is 14.6 Å². The van der Waals surface area contributed by atoms with E-state index in [0.717, 1.165) is 54.6 Å². The van der Waals surface area contributed by atoms with E-state index in [2.05, 4.69) is 35.8 Å². The summed E-state index contributed by atoms with van der Waals surface area (Å²) in [6.45, 7) is 8.19. The maximum Gasteiger partial charge on any atom is 0.347 e. The van der Waals surface area contributed by atoms with Crippen molar-refractivity contribution in [2.45, 2.75) is 20.4 Å². The highest BCUT2D eigenvalue weighted by Crippen LogP contribution is 2.27. The molecule has 3 aromatic rings. The summed E-state index contributed by atoms with van der Waals surface area (Å²) in [4.78, 5) is 27.3. The van der Waals surface area contributed by atoms with Crippen molar-refractivity contribution in [1.29, 1.82) is 0 Å². The minimum absolute atomic E-state index is 0.196. The van der Waals surface area contributed by atoms with Crippen LogP contribution in [0.15, 0.2) is 30.3 Å². The second-order valence-corrected chi connectivity index (χ2v) is 8.43. The molecule has 1 aliphatic rings. The number of hydrogen-bond acceptors (Lipinski definition) is 10. The minimum Gasteiger partial charge on any atom is -0.494 e. The zero-order valence-electron chi connectivity index (χ0n) is 18.6. The van der Waals surface area contributed by atoms with Crippen molar-refractivity contribution in [3.63, 3.8) is 0 Å². The third-order valence-electron chi connectivity index (χ3n) is 5.10. The quantitative estimate of drug-likeness (QED) is 0.371. The SMILES string of the molecule is CCOc1ccccc1CNc1cc(N2CCNCC2)nc(Nc2nc(C)c(C(=O)O)s2)n1. The van der Waals surface area contributed by atoms with Crippen LogP contribution in [-0.4, -0.2) is 58.8 Å². The van der Waals surface area contributed by atoms with Gasteiger partial charge < -0.3 is 25.4 Å². The van der Waals surface area contributed by atoms with Crippen molar-refractivity contribution in [2.75, 3.05) is 48.3 Å². The molecule has 0 saturated carbocycles. The van der Waals surface area contributed by atoms with Crippen molar-refractivity contribution in [3.8, 4) is 5.75 Å². The number of piperazine rings is 1. The summed E-state index contributed by atoms with van der Waals surface area (Å²) in [5.74, 6) is 1.64. The number of benzene rings is 1. The smallest absolute Gasteiger partial charge is 0.347 e. The lowest BCUT2D eigenvalue weighted by atomic mass is 10.2. The molecule has 0 aliphatic carbocycles. The maximum absolute atomic E-state index is 11.4. The van der Waals surface area contributed by atoms with Gasteiger partial charge in [0, 0.05) is 44.4 Å². The Balaban J connectivity index is 1.59. The molecule has 1 saturated heterocycles. The van der Waals surface area contributed by atoms with Gasteiger partial charge >= 0.3 is 5.97 Å².